The Morgan fingerprint density at radius 2 is 1.67 bits per heavy atom. The van der Waals surface area contributed by atoms with E-state index >= 15 is 0 Å². The molecule has 2 aromatic carbocycles. The SMILES string of the molecule is N#Cc1ccc(Nc2nc(N)cc(C(=O)c3c(F)cc(F)cc3F)n2)cc1. The van der Waals surface area contributed by atoms with Gasteiger partial charge in [-0.3, -0.25) is 4.79 Å². The van der Waals surface area contributed by atoms with Gasteiger partial charge in [0.25, 0.3) is 0 Å². The molecule has 0 fully saturated rings. The van der Waals surface area contributed by atoms with Gasteiger partial charge < -0.3 is 11.1 Å². The van der Waals surface area contributed by atoms with Crippen LogP contribution < -0.4 is 11.1 Å². The van der Waals surface area contributed by atoms with Crippen LogP contribution in [0.15, 0.2) is 42.5 Å². The Morgan fingerprint density at radius 3 is 2.26 bits per heavy atom. The molecule has 1 heterocycles. The van der Waals surface area contributed by atoms with Gasteiger partial charge in [0.1, 0.15) is 29.0 Å². The van der Waals surface area contributed by atoms with E-state index in [2.05, 4.69) is 15.3 Å². The van der Waals surface area contributed by atoms with E-state index in [1.807, 2.05) is 6.07 Å². The number of anilines is 3. The summed E-state index contributed by atoms with van der Waals surface area (Å²) in [5, 5.41) is 11.6. The molecule has 27 heavy (non-hydrogen) atoms. The van der Waals surface area contributed by atoms with Gasteiger partial charge >= 0.3 is 0 Å². The van der Waals surface area contributed by atoms with Crippen molar-refractivity contribution in [2.75, 3.05) is 11.1 Å². The van der Waals surface area contributed by atoms with Gasteiger partial charge in [0, 0.05) is 23.9 Å². The average Bonchev–Trinajstić information content (AvgIpc) is 2.61. The van der Waals surface area contributed by atoms with Gasteiger partial charge in [-0.2, -0.15) is 10.2 Å². The van der Waals surface area contributed by atoms with Crippen molar-refractivity contribution in [2.45, 2.75) is 0 Å². The van der Waals surface area contributed by atoms with Gasteiger partial charge in [-0.1, -0.05) is 0 Å². The van der Waals surface area contributed by atoms with E-state index < -0.39 is 28.8 Å². The number of nitrogens with two attached hydrogens (primary N) is 1. The van der Waals surface area contributed by atoms with E-state index in [0.717, 1.165) is 6.07 Å². The Labute approximate surface area is 151 Å². The lowest BCUT2D eigenvalue weighted by Gasteiger charge is -2.09. The zero-order chi connectivity index (χ0) is 19.6. The summed E-state index contributed by atoms with van der Waals surface area (Å²) in [4.78, 5) is 20.2. The fourth-order valence-corrected chi connectivity index (χ4v) is 2.28. The smallest absolute Gasteiger partial charge is 0.229 e. The average molecular weight is 369 g/mol. The van der Waals surface area contributed by atoms with Crippen LogP contribution in [0.2, 0.25) is 0 Å². The number of hydrogen-bond acceptors (Lipinski definition) is 6. The number of nitriles is 1. The molecule has 0 bridgehead atoms. The molecule has 0 aliphatic carbocycles. The van der Waals surface area contributed by atoms with Gasteiger partial charge in [0.05, 0.1) is 17.2 Å². The molecule has 0 radical (unpaired) electrons. The third-order valence-corrected chi connectivity index (χ3v) is 3.48. The minimum absolute atomic E-state index is 0.0917. The van der Waals surface area contributed by atoms with Gasteiger partial charge in [0.15, 0.2) is 0 Å². The van der Waals surface area contributed by atoms with Crippen molar-refractivity contribution in [1.29, 1.82) is 5.26 Å². The minimum Gasteiger partial charge on any atom is -0.384 e. The van der Waals surface area contributed by atoms with Crippen LogP contribution in [0.1, 0.15) is 21.6 Å². The second-order valence-electron chi connectivity index (χ2n) is 5.39. The number of ketones is 1. The molecule has 1 aromatic heterocycles. The van der Waals surface area contributed by atoms with E-state index in [1.54, 1.807) is 24.3 Å². The number of nitrogens with one attached hydrogen (secondary N) is 1. The highest BCUT2D eigenvalue weighted by Crippen LogP contribution is 2.21. The molecule has 6 nitrogen and oxygen atoms in total. The molecular weight excluding hydrogens is 359 g/mol. The van der Waals surface area contributed by atoms with E-state index in [1.165, 1.54) is 0 Å². The fourth-order valence-electron chi connectivity index (χ4n) is 2.28. The Kier molecular flexibility index (Phi) is 4.72. The highest BCUT2D eigenvalue weighted by molar-refractivity contribution is 6.08. The first-order chi connectivity index (χ1) is 12.9. The molecule has 3 N–H and O–H groups in total. The molecular formula is C18H10F3N5O. The highest BCUT2D eigenvalue weighted by Gasteiger charge is 2.22. The second-order valence-corrected chi connectivity index (χ2v) is 5.39. The summed E-state index contributed by atoms with van der Waals surface area (Å²) in [6.07, 6.45) is 0. The maximum absolute atomic E-state index is 13.8. The van der Waals surface area contributed by atoms with Crippen molar-refractivity contribution >= 4 is 23.2 Å². The van der Waals surface area contributed by atoms with Crippen molar-refractivity contribution in [3.63, 3.8) is 0 Å². The molecule has 0 atom stereocenters. The van der Waals surface area contributed by atoms with Crippen molar-refractivity contribution in [3.8, 4) is 6.07 Å². The van der Waals surface area contributed by atoms with Crippen LogP contribution in [0.5, 0.6) is 0 Å². The Balaban J connectivity index is 1.95. The van der Waals surface area contributed by atoms with E-state index in [-0.39, 0.29) is 17.5 Å². The zero-order valence-electron chi connectivity index (χ0n) is 13.5. The van der Waals surface area contributed by atoms with Crippen molar-refractivity contribution in [3.05, 3.63) is 76.7 Å². The summed E-state index contributed by atoms with van der Waals surface area (Å²) in [5.41, 5.74) is 5.26. The van der Waals surface area contributed by atoms with E-state index in [4.69, 9.17) is 11.0 Å². The number of rotatable bonds is 4. The van der Waals surface area contributed by atoms with Gasteiger partial charge in [-0.05, 0) is 24.3 Å². The minimum atomic E-state index is -1.35. The number of halogens is 3. The van der Waals surface area contributed by atoms with Crippen LogP contribution in [-0.2, 0) is 0 Å². The molecule has 3 rings (SSSR count). The quantitative estimate of drug-likeness (QED) is 0.684. The summed E-state index contributed by atoms with van der Waals surface area (Å²) >= 11 is 0. The first kappa shape index (κ1) is 17.9. The lowest BCUT2D eigenvalue weighted by atomic mass is 10.1. The van der Waals surface area contributed by atoms with Crippen LogP contribution in [-0.4, -0.2) is 15.8 Å². The standard InChI is InChI=1S/C18H10F3N5O/c19-10-5-12(20)16(13(21)6-10)17(27)14-7-15(23)26-18(25-14)24-11-3-1-9(8-22)2-4-11/h1-7H,(H3,23,24,25,26). The molecule has 0 saturated heterocycles. The summed E-state index contributed by atoms with van der Waals surface area (Å²) in [5.74, 6) is -5.17. The monoisotopic (exact) mass is 369 g/mol. The summed E-state index contributed by atoms with van der Waals surface area (Å²) in [6.45, 7) is 0. The number of nitrogen functional groups attached to an aromatic ring is 1. The first-order valence-electron chi connectivity index (χ1n) is 7.48. The topological polar surface area (TPSA) is 105 Å². The largest absolute Gasteiger partial charge is 0.384 e. The van der Waals surface area contributed by atoms with E-state index in [0.29, 0.717) is 23.4 Å². The summed E-state index contributed by atoms with van der Waals surface area (Å²) < 4.78 is 40.7. The molecule has 3 aromatic rings. The van der Waals surface area contributed by atoms with E-state index in [9.17, 15) is 18.0 Å². The Bertz CT molecular complexity index is 1050. The third kappa shape index (κ3) is 3.85. The van der Waals surface area contributed by atoms with Crippen LogP contribution in [0, 0.1) is 28.8 Å². The lowest BCUT2D eigenvalue weighted by molar-refractivity contribution is 0.102. The third-order valence-electron chi connectivity index (χ3n) is 3.48. The Hall–Kier alpha value is -3.93. The molecule has 0 aliphatic rings. The molecule has 9 heteroatoms. The highest BCUT2D eigenvalue weighted by atomic mass is 19.1. The van der Waals surface area contributed by atoms with Crippen LogP contribution in [0.3, 0.4) is 0 Å². The molecule has 134 valence electrons. The van der Waals surface area contributed by atoms with Crippen molar-refractivity contribution in [1.82, 2.24) is 9.97 Å². The predicted molar refractivity (Wildman–Crippen MR) is 90.6 cm³/mol. The van der Waals surface area contributed by atoms with Gasteiger partial charge in [-0.15, -0.1) is 0 Å². The molecule has 0 spiro atoms. The molecule has 0 amide bonds. The van der Waals surface area contributed by atoms with Crippen LogP contribution in [0.4, 0.5) is 30.6 Å². The number of carbonyl (C=O) groups excluding carboxylic acids is 1. The maximum Gasteiger partial charge on any atom is 0.229 e. The van der Waals surface area contributed by atoms with Gasteiger partial charge in [-0.25, -0.2) is 18.2 Å². The normalized spacial score (nSPS) is 10.3. The number of nitrogens with zero attached hydrogens (tertiary/aromatic N) is 3. The lowest BCUT2D eigenvalue weighted by Crippen LogP contribution is -2.13. The maximum atomic E-state index is 13.8. The summed E-state index contributed by atoms with van der Waals surface area (Å²) in [7, 11) is 0. The molecule has 0 unspecified atom stereocenters. The predicted octanol–water partition coefficient (Wildman–Crippen LogP) is 3.32. The number of hydrogen-bond donors (Lipinski definition) is 2. The molecule has 0 saturated carbocycles. The number of aromatic nitrogens is 2. The molecule has 0 aliphatic heterocycles. The number of benzene rings is 2. The van der Waals surface area contributed by atoms with Crippen LogP contribution >= 0.6 is 0 Å². The second kappa shape index (κ2) is 7.13. The Morgan fingerprint density at radius 1 is 1.04 bits per heavy atom. The summed E-state index contributed by atoms with van der Waals surface area (Å²) in [6, 6.07) is 10.1. The van der Waals surface area contributed by atoms with Crippen molar-refractivity contribution < 1.29 is 18.0 Å². The first-order valence-corrected chi connectivity index (χ1v) is 7.48. The van der Waals surface area contributed by atoms with Gasteiger partial charge in [0.2, 0.25) is 11.7 Å². The number of carbonyl (C=O) groups is 1. The van der Waals surface area contributed by atoms with Crippen LogP contribution in [0.25, 0.3) is 0 Å². The zero-order valence-corrected chi connectivity index (χ0v) is 13.5. The van der Waals surface area contributed by atoms with Crippen molar-refractivity contribution in [2.24, 2.45) is 0 Å². The fraction of sp³-hybridized carbons (Fsp3) is 0.